The lowest BCUT2D eigenvalue weighted by molar-refractivity contribution is -0.129. The number of aromatic nitrogens is 2. The molecule has 6 heteroatoms. The Balaban J connectivity index is 1.61. The van der Waals surface area contributed by atoms with Gasteiger partial charge in [0.1, 0.15) is 18.0 Å². The summed E-state index contributed by atoms with van der Waals surface area (Å²) in [5, 5.41) is 3.47. The van der Waals surface area contributed by atoms with Crippen LogP contribution in [-0.2, 0) is 4.79 Å². The van der Waals surface area contributed by atoms with E-state index in [0.717, 1.165) is 50.2 Å². The van der Waals surface area contributed by atoms with Crippen LogP contribution in [0.25, 0.3) is 0 Å². The van der Waals surface area contributed by atoms with Crippen LogP contribution in [0.2, 0.25) is 0 Å². The lowest BCUT2D eigenvalue weighted by atomic mass is 10.0. The fourth-order valence-corrected chi connectivity index (χ4v) is 3.53. The summed E-state index contributed by atoms with van der Waals surface area (Å²) in [7, 11) is 0. The molecule has 0 saturated carbocycles. The number of hydrogen-bond acceptors (Lipinski definition) is 5. The minimum absolute atomic E-state index is 0.236. The number of nitrogens with zero attached hydrogens (tertiary/aromatic N) is 4. The number of likely N-dealkylation sites (tertiary alicyclic amines) is 1. The van der Waals surface area contributed by atoms with E-state index in [0.29, 0.717) is 6.42 Å². The smallest absolute Gasteiger partial charge is 0.222 e. The van der Waals surface area contributed by atoms with Crippen LogP contribution in [0.1, 0.15) is 39.5 Å². The highest BCUT2D eigenvalue weighted by Gasteiger charge is 2.25. The van der Waals surface area contributed by atoms with Gasteiger partial charge in [0.2, 0.25) is 5.91 Å². The molecule has 1 amide bonds. The zero-order valence-corrected chi connectivity index (χ0v) is 14.2. The first-order chi connectivity index (χ1) is 11.2. The van der Waals surface area contributed by atoms with E-state index in [-0.39, 0.29) is 11.9 Å². The van der Waals surface area contributed by atoms with E-state index < -0.39 is 0 Å². The maximum atomic E-state index is 11.8. The molecule has 3 rings (SSSR count). The summed E-state index contributed by atoms with van der Waals surface area (Å²) in [6, 6.07) is 2.33. The number of amides is 1. The van der Waals surface area contributed by atoms with E-state index in [4.69, 9.17) is 0 Å². The van der Waals surface area contributed by atoms with Crippen LogP contribution in [0.4, 0.5) is 11.6 Å². The average molecular weight is 317 g/mol. The predicted octanol–water partition coefficient (Wildman–Crippen LogP) is 2.14. The van der Waals surface area contributed by atoms with Crippen molar-refractivity contribution in [1.29, 1.82) is 0 Å². The largest absolute Gasteiger partial charge is 0.365 e. The Kier molecular flexibility index (Phi) is 4.98. The molecule has 2 saturated heterocycles. The summed E-state index contributed by atoms with van der Waals surface area (Å²) in [5.74, 6) is 2.83. The fourth-order valence-electron chi connectivity index (χ4n) is 3.53. The SMILES string of the molecule is CCC(=O)N1CCC(Nc2cc(N3CCCC(C)C3)ncn2)C1. The van der Waals surface area contributed by atoms with Crippen molar-refractivity contribution >= 4 is 17.5 Å². The predicted molar refractivity (Wildman–Crippen MR) is 91.5 cm³/mol. The lowest BCUT2D eigenvalue weighted by Crippen LogP contribution is -2.35. The summed E-state index contributed by atoms with van der Waals surface area (Å²) in [4.78, 5) is 24.8. The van der Waals surface area contributed by atoms with E-state index >= 15 is 0 Å². The van der Waals surface area contributed by atoms with Gasteiger partial charge < -0.3 is 15.1 Å². The fraction of sp³-hybridized carbons (Fsp3) is 0.706. The van der Waals surface area contributed by atoms with Crippen LogP contribution in [0, 0.1) is 5.92 Å². The van der Waals surface area contributed by atoms with E-state index in [1.54, 1.807) is 6.33 Å². The standard InChI is InChI=1S/C17H27N5O/c1-3-17(23)22-8-6-14(11-22)20-15-9-16(19-12-18-15)21-7-4-5-13(2)10-21/h9,12-14H,3-8,10-11H2,1-2H3,(H,18,19,20). The molecule has 0 aliphatic carbocycles. The molecule has 6 nitrogen and oxygen atoms in total. The van der Waals surface area contributed by atoms with Crippen molar-refractivity contribution < 1.29 is 4.79 Å². The molecule has 2 aliphatic rings. The second kappa shape index (κ2) is 7.15. The minimum atomic E-state index is 0.236. The zero-order chi connectivity index (χ0) is 16.2. The minimum Gasteiger partial charge on any atom is -0.365 e. The van der Waals surface area contributed by atoms with Crippen molar-refractivity contribution in [2.75, 3.05) is 36.4 Å². The molecule has 0 spiro atoms. The van der Waals surface area contributed by atoms with Crippen LogP contribution < -0.4 is 10.2 Å². The zero-order valence-electron chi connectivity index (χ0n) is 14.2. The third kappa shape index (κ3) is 3.92. The van der Waals surface area contributed by atoms with E-state index in [2.05, 4.69) is 27.1 Å². The monoisotopic (exact) mass is 317 g/mol. The number of carbonyl (C=O) groups is 1. The first kappa shape index (κ1) is 16.0. The van der Waals surface area contributed by atoms with Gasteiger partial charge in [-0.2, -0.15) is 0 Å². The van der Waals surface area contributed by atoms with Gasteiger partial charge in [-0.1, -0.05) is 13.8 Å². The van der Waals surface area contributed by atoms with E-state index in [1.807, 2.05) is 17.9 Å². The topological polar surface area (TPSA) is 61.4 Å². The molecule has 1 aromatic rings. The number of hydrogen-bond donors (Lipinski definition) is 1. The molecule has 2 aliphatic heterocycles. The first-order valence-electron chi connectivity index (χ1n) is 8.77. The summed E-state index contributed by atoms with van der Waals surface area (Å²) < 4.78 is 0. The highest BCUT2D eigenvalue weighted by molar-refractivity contribution is 5.76. The van der Waals surface area contributed by atoms with E-state index in [1.165, 1.54) is 12.8 Å². The summed E-state index contributed by atoms with van der Waals surface area (Å²) in [6.07, 6.45) is 5.73. The highest BCUT2D eigenvalue weighted by Crippen LogP contribution is 2.23. The molecule has 126 valence electrons. The molecule has 1 N–H and O–H groups in total. The van der Waals surface area contributed by atoms with Crippen LogP contribution >= 0.6 is 0 Å². The second-order valence-corrected chi connectivity index (χ2v) is 6.78. The molecule has 2 unspecified atom stereocenters. The number of rotatable bonds is 4. The molecule has 23 heavy (non-hydrogen) atoms. The number of nitrogens with one attached hydrogen (secondary N) is 1. The lowest BCUT2D eigenvalue weighted by Gasteiger charge is -2.31. The van der Waals surface area contributed by atoms with Gasteiger partial charge in [-0.15, -0.1) is 0 Å². The average Bonchev–Trinajstić information content (AvgIpc) is 3.03. The first-order valence-corrected chi connectivity index (χ1v) is 8.77. The molecule has 0 radical (unpaired) electrons. The molecule has 1 aromatic heterocycles. The summed E-state index contributed by atoms with van der Waals surface area (Å²) in [6.45, 7) is 7.96. The Hall–Kier alpha value is -1.85. The molecule has 2 fully saturated rings. The third-order valence-corrected chi connectivity index (χ3v) is 4.83. The van der Waals surface area contributed by atoms with Gasteiger partial charge in [0.05, 0.1) is 0 Å². The molecule has 0 aromatic carbocycles. The Morgan fingerprint density at radius 2 is 2.17 bits per heavy atom. The van der Waals surface area contributed by atoms with Gasteiger partial charge in [0.15, 0.2) is 0 Å². The van der Waals surface area contributed by atoms with Crippen LogP contribution in [0.5, 0.6) is 0 Å². The third-order valence-electron chi connectivity index (χ3n) is 4.83. The molecule has 0 bridgehead atoms. The Labute approximate surface area is 138 Å². The van der Waals surface area contributed by atoms with E-state index in [9.17, 15) is 4.79 Å². The summed E-state index contributed by atoms with van der Waals surface area (Å²) in [5.41, 5.74) is 0. The highest BCUT2D eigenvalue weighted by atomic mass is 16.2. The van der Waals surface area contributed by atoms with Gasteiger partial charge in [0.25, 0.3) is 0 Å². The van der Waals surface area contributed by atoms with Crippen molar-refractivity contribution in [1.82, 2.24) is 14.9 Å². The van der Waals surface area contributed by atoms with Crippen LogP contribution in [0.15, 0.2) is 12.4 Å². The van der Waals surface area contributed by atoms with Crippen molar-refractivity contribution in [2.45, 2.75) is 45.6 Å². The van der Waals surface area contributed by atoms with Gasteiger partial charge >= 0.3 is 0 Å². The van der Waals surface area contributed by atoms with Gasteiger partial charge in [-0.05, 0) is 25.2 Å². The van der Waals surface area contributed by atoms with Gasteiger partial charge in [0, 0.05) is 44.7 Å². The number of piperidine rings is 1. The molecular weight excluding hydrogens is 290 g/mol. The Morgan fingerprint density at radius 3 is 2.96 bits per heavy atom. The van der Waals surface area contributed by atoms with Gasteiger partial charge in [-0.3, -0.25) is 4.79 Å². The van der Waals surface area contributed by atoms with Gasteiger partial charge in [-0.25, -0.2) is 9.97 Å². The van der Waals surface area contributed by atoms with Crippen LogP contribution in [0.3, 0.4) is 0 Å². The maximum absolute atomic E-state index is 11.8. The second-order valence-electron chi connectivity index (χ2n) is 6.78. The van der Waals surface area contributed by atoms with Crippen molar-refractivity contribution in [3.63, 3.8) is 0 Å². The van der Waals surface area contributed by atoms with Crippen molar-refractivity contribution in [3.05, 3.63) is 12.4 Å². The molecular formula is C17H27N5O. The number of carbonyl (C=O) groups excluding carboxylic acids is 1. The van der Waals surface area contributed by atoms with Crippen molar-refractivity contribution in [3.8, 4) is 0 Å². The quantitative estimate of drug-likeness (QED) is 0.922. The van der Waals surface area contributed by atoms with Crippen molar-refractivity contribution in [2.24, 2.45) is 5.92 Å². The normalized spacial score (nSPS) is 24.8. The number of anilines is 2. The summed E-state index contributed by atoms with van der Waals surface area (Å²) >= 11 is 0. The molecule has 2 atom stereocenters. The molecule has 3 heterocycles. The van der Waals surface area contributed by atoms with Crippen LogP contribution in [-0.4, -0.2) is 53.0 Å². The maximum Gasteiger partial charge on any atom is 0.222 e. The Morgan fingerprint density at radius 1 is 1.30 bits per heavy atom. The Bertz CT molecular complexity index is 550.